The molecule has 1 aliphatic rings. The van der Waals surface area contributed by atoms with Crippen LogP contribution in [0.1, 0.15) is 20.8 Å². The zero-order valence-electron chi connectivity index (χ0n) is 13.3. The van der Waals surface area contributed by atoms with Crippen LogP contribution in [0.25, 0.3) is 0 Å². The maximum absolute atomic E-state index is 11.7. The SMILES string of the molecule is CC(C)(C)OC(=O)Nc1ccc(N2CCN(C=O)CC2)cc1. The first-order valence-corrected chi connectivity index (χ1v) is 7.42. The van der Waals surface area contributed by atoms with Gasteiger partial charge in [-0.25, -0.2) is 4.79 Å². The third-order valence-corrected chi connectivity index (χ3v) is 3.34. The lowest BCUT2D eigenvalue weighted by Gasteiger charge is -2.34. The number of carbonyl (C=O) groups excluding carboxylic acids is 2. The van der Waals surface area contributed by atoms with E-state index in [0.717, 1.165) is 38.3 Å². The molecule has 6 heteroatoms. The van der Waals surface area contributed by atoms with Crippen LogP contribution in [0.3, 0.4) is 0 Å². The van der Waals surface area contributed by atoms with Gasteiger partial charge in [-0.15, -0.1) is 0 Å². The highest BCUT2D eigenvalue weighted by atomic mass is 16.6. The number of amides is 2. The fourth-order valence-corrected chi connectivity index (χ4v) is 2.26. The molecular weight excluding hydrogens is 282 g/mol. The van der Waals surface area contributed by atoms with Crippen molar-refractivity contribution in [1.29, 1.82) is 0 Å². The molecule has 1 aliphatic heterocycles. The summed E-state index contributed by atoms with van der Waals surface area (Å²) in [5.41, 5.74) is 1.27. The van der Waals surface area contributed by atoms with E-state index in [2.05, 4.69) is 10.2 Å². The number of anilines is 2. The molecule has 0 bridgehead atoms. The van der Waals surface area contributed by atoms with Gasteiger partial charge >= 0.3 is 6.09 Å². The molecular formula is C16H23N3O3. The standard InChI is InChI=1S/C16H23N3O3/c1-16(2,3)22-15(21)17-13-4-6-14(7-5-13)19-10-8-18(12-20)9-11-19/h4-7,12H,8-11H2,1-3H3,(H,17,21). The van der Waals surface area contributed by atoms with Crippen molar-refractivity contribution in [3.8, 4) is 0 Å². The predicted molar refractivity (Wildman–Crippen MR) is 86.1 cm³/mol. The Morgan fingerprint density at radius 2 is 1.73 bits per heavy atom. The van der Waals surface area contributed by atoms with Gasteiger partial charge in [-0.2, -0.15) is 0 Å². The van der Waals surface area contributed by atoms with E-state index in [4.69, 9.17) is 4.74 Å². The Labute approximate surface area is 131 Å². The molecule has 0 spiro atoms. The van der Waals surface area contributed by atoms with Crippen LogP contribution in [0.15, 0.2) is 24.3 Å². The lowest BCUT2D eigenvalue weighted by atomic mass is 10.2. The molecule has 0 radical (unpaired) electrons. The van der Waals surface area contributed by atoms with Crippen LogP contribution in [0.4, 0.5) is 16.2 Å². The fourth-order valence-electron chi connectivity index (χ4n) is 2.26. The van der Waals surface area contributed by atoms with Gasteiger partial charge < -0.3 is 14.5 Å². The summed E-state index contributed by atoms with van der Waals surface area (Å²) in [5, 5.41) is 2.71. The fraction of sp³-hybridized carbons (Fsp3) is 0.500. The van der Waals surface area contributed by atoms with Crippen LogP contribution in [-0.2, 0) is 9.53 Å². The molecule has 1 aromatic rings. The largest absolute Gasteiger partial charge is 0.444 e. The van der Waals surface area contributed by atoms with E-state index >= 15 is 0 Å². The summed E-state index contributed by atoms with van der Waals surface area (Å²) in [6.07, 6.45) is 0.436. The van der Waals surface area contributed by atoms with E-state index in [1.54, 1.807) is 4.90 Å². The Morgan fingerprint density at radius 3 is 2.23 bits per heavy atom. The minimum atomic E-state index is -0.512. The number of hydrogen-bond acceptors (Lipinski definition) is 4. The topological polar surface area (TPSA) is 61.9 Å². The van der Waals surface area contributed by atoms with Crippen molar-refractivity contribution in [1.82, 2.24) is 4.90 Å². The number of carbonyl (C=O) groups is 2. The molecule has 0 aliphatic carbocycles. The Hall–Kier alpha value is -2.24. The number of nitrogens with one attached hydrogen (secondary N) is 1. The van der Waals surface area contributed by atoms with Crippen molar-refractivity contribution in [2.24, 2.45) is 0 Å². The second-order valence-electron chi connectivity index (χ2n) is 6.30. The Balaban J connectivity index is 1.90. The average molecular weight is 305 g/mol. The molecule has 1 fully saturated rings. The van der Waals surface area contributed by atoms with Crippen molar-refractivity contribution in [2.45, 2.75) is 26.4 Å². The summed E-state index contributed by atoms with van der Waals surface area (Å²) in [6.45, 7) is 8.59. The zero-order chi connectivity index (χ0) is 16.2. The third-order valence-electron chi connectivity index (χ3n) is 3.34. The van der Waals surface area contributed by atoms with Gasteiger partial charge in [0.2, 0.25) is 6.41 Å². The smallest absolute Gasteiger partial charge is 0.412 e. The molecule has 2 rings (SSSR count). The molecule has 0 atom stereocenters. The van der Waals surface area contributed by atoms with Gasteiger partial charge in [0.25, 0.3) is 0 Å². The quantitative estimate of drug-likeness (QED) is 0.871. The highest BCUT2D eigenvalue weighted by molar-refractivity contribution is 5.85. The van der Waals surface area contributed by atoms with Crippen LogP contribution >= 0.6 is 0 Å². The minimum absolute atomic E-state index is 0.458. The van der Waals surface area contributed by atoms with Crippen LogP contribution in [0, 0.1) is 0 Å². The van der Waals surface area contributed by atoms with E-state index in [-0.39, 0.29) is 0 Å². The second kappa shape index (κ2) is 6.68. The molecule has 0 unspecified atom stereocenters. The monoisotopic (exact) mass is 305 g/mol. The number of nitrogens with zero attached hydrogens (tertiary/aromatic N) is 2. The third kappa shape index (κ3) is 4.65. The molecule has 22 heavy (non-hydrogen) atoms. The lowest BCUT2D eigenvalue weighted by Crippen LogP contribution is -2.45. The van der Waals surface area contributed by atoms with Crippen molar-refractivity contribution < 1.29 is 14.3 Å². The molecule has 0 saturated carbocycles. The average Bonchev–Trinajstić information content (AvgIpc) is 2.46. The van der Waals surface area contributed by atoms with Crippen LogP contribution in [-0.4, -0.2) is 49.2 Å². The lowest BCUT2D eigenvalue weighted by molar-refractivity contribution is -0.118. The van der Waals surface area contributed by atoms with E-state index in [1.807, 2.05) is 45.0 Å². The second-order valence-corrected chi connectivity index (χ2v) is 6.30. The van der Waals surface area contributed by atoms with Gasteiger partial charge in [-0.1, -0.05) is 0 Å². The van der Waals surface area contributed by atoms with Crippen LogP contribution < -0.4 is 10.2 Å². The van der Waals surface area contributed by atoms with Gasteiger partial charge in [0.05, 0.1) is 0 Å². The Kier molecular flexibility index (Phi) is 4.90. The molecule has 0 aromatic heterocycles. The number of hydrogen-bond donors (Lipinski definition) is 1. The summed E-state index contributed by atoms with van der Waals surface area (Å²) >= 11 is 0. The van der Waals surface area contributed by atoms with Gasteiger partial charge in [0.15, 0.2) is 0 Å². The van der Waals surface area contributed by atoms with Crippen molar-refractivity contribution in [3.05, 3.63) is 24.3 Å². The Morgan fingerprint density at radius 1 is 1.14 bits per heavy atom. The normalized spacial score (nSPS) is 15.4. The zero-order valence-corrected chi connectivity index (χ0v) is 13.3. The van der Waals surface area contributed by atoms with Crippen molar-refractivity contribution >= 4 is 23.9 Å². The highest BCUT2D eigenvalue weighted by Gasteiger charge is 2.17. The van der Waals surface area contributed by atoms with E-state index < -0.39 is 11.7 Å². The van der Waals surface area contributed by atoms with E-state index in [9.17, 15) is 9.59 Å². The van der Waals surface area contributed by atoms with Crippen molar-refractivity contribution in [3.63, 3.8) is 0 Å². The van der Waals surface area contributed by atoms with Gasteiger partial charge in [0, 0.05) is 37.6 Å². The molecule has 1 heterocycles. The molecule has 6 nitrogen and oxygen atoms in total. The summed E-state index contributed by atoms with van der Waals surface area (Å²) in [5.74, 6) is 0. The van der Waals surface area contributed by atoms with E-state index in [1.165, 1.54) is 0 Å². The van der Waals surface area contributed by atoms with Gasteiger partial charge in [0.1, 0.15) is 5.60 Å². The van der Waals surface area contributed by atoms with Crippen molar-refractivity contribution in [2.75, 3.05) is 36.4 Å². The molecule has 1 aromatic carbocycles. The van der Waals surface area contributed by atoms with Crippen LogP contribution in [0.5, 0.6) is 0 Å². The maximum Gasteiger partial charge on any atom is 0.412 e. The summed E-state index contributed by atoms with van der Waals surface area (Å²) in [6, 6.07) is 7.63. The first-order chi connectivity index (χ1) is 10.4. The highest BCUT2D eigenvalue weighted by Crippen LogP contribution is 2.20. The number of piperazine rings is 1. The summed E-state index contributed by atoms with van der Waals surface area (Å²) in [4.78, 5) is 26.4. The first-order valence-electron chi connectivity index (χ1n) is 7.42. The number of ether oxygens (including phenoxy) is 1. The Bertz CT molecular complexity index is 514. The molecule has 2 amide bonds. The molecule has 120 valence electrons. The first kappa shape index (κ1) is 16.1. The predicted octanol–water partition coefficient (Wildman–Crippen LogP) is 2.31. The molecule has 1 saturated heterocycles. The van der Waals surface area contributed by atoms with Gasteiger partial charge in [-0.05, 0) is 45.0 Å². The molecule has 1 N–H and O–H groups in total. The van der Waals surface area contributed by atoms with Gasteiger partial charge in [-0.3, -0.25) is 10.1 Å². The summed E-state index contributed by atoms with van der Waals surface area (Å²) in [7, 11) is 0. The number of benzene rings is 1. The van der Waals surface area contributed by atoms with E-state index in [0.29, 0.717) is 5.69 Å². The minimum Gasteiger partial charge on any atom is -0.444 e. The van der Waals surface area contributed by atoms with Crippen LogP contribution in [0.2, 0.25) is 0 Å². The summed E-state index contributed by atoms with van der Waals surface area (Å²) < 4.78 is 5.21. The maximum atomic E-state index is 11.7. The number of rotatable bonds is 3.